The second-order valence-corrected chi connectivity index (χ2v) is 7.72. The highest BCUT2D eigenvalue weighted by atomic mass is 16.5. The van der Waals surface area contributed by atoms with E-state index in [0.29, 0.717) is 25.3 Å². The number of benzene rings is 1. The van der Waals surface area contributed by atoms with Crippen LogP contribution in [-0.2, 0) is 4.74 Å². The van der Waals surface area contributed by atoms with Gasteiger partial charge < -0.3 is 9.64 Å². The molecule has 1 amide bonds. The number of hydrogen-bond donors (Lipinski definition) is 0. The fourth-order valence-electron chi connectivity index (χ4n) is 3.74. The summed E-state index contributed by atoms with van der Waals surface area (Å²) in [6.07, 6.45) is 1.81. The summed E-state index contributed by atoms with van der Waals surface area (Å²) in [5.41, 5.74) is 4.37. The van der Waals surface area contributed by atoms with Crippen LogP contribution in [0.2, 0.25) is 0 Å². The molecule has 3 aromatic rings. The topological polar surface area (TPSA) is 60.3 Å². The summed E-state index contributed by atoms with van der Waals surface area (Å²) < 4.78 is 7.49. The lowest BCUT2D eigenvalue weighted by Crippen LogP contribution is -2.44. The Hall–Kier alpha value is -2.73. The van der Waals surface area contributed by atoms with Crippen molar-refractivity contribution in [3.63, 3.8) is 0 Å². The number of nitrogens with zero attached hydrogens (tertiary/aromatic N) is 4. The Balaban J connectivity index is 1.89. The van der Waals surface area contributed by atoms with Crippen molar-refractivity contribution in [2.75, 3.05) is 19.7 Å². The zero-order valence-corrected chi connectivity index (χ0v) is 16.8. The van der Waals surface area contributed by atoms with Crippen LogP contribution in [0.15, 0.2) is 36.5 Å². The number of pyridine rings is 1. The van der Waals surface area contributed by atoms with Gasteiger partial charge in [0.15, 0.2) is 5.65 Å². The minimum absolute atomic E-state index is 0.0145. The molecule has 3 heterocycles. The lowest BCUT2D eigenvalue weighted by atomic mass is 10.0. The maximum absolute atomic E-state index is 13.4. The fraction of sp³-hybridized carbons (Fsp3) is 0.409. The Morgan fingerprint density at radius 3 is 2.79 bits per heavy atom. The van der Waals surface area contributed by atoms with E-state index in [4.69, 9.17) is 9.72 Å². The van der Waals surface area contributed by atoms with Crippen molar-refractivity contribution in [2.45, 2.75) is 39.8 Å². The van der Waals surface area contributed by atoms with Crippen LogP contribution in [0.4, 0.5) is 0 Å². The minimum Gasteiger partial charge on any atom is -0.375 e. The molecule has 1 fully saturated rings. The molecule has 1 atom stereocenters. The van der Waals surface area contributed by atoms with Gasteiger partial charge in [-0.2, -0.15) is 5.10 Å². The van der Waals surface area contributed by atoms with Crippen LogP contribution < -0.4 is 0 Å². The number of rotatable bonds is 3. The van der Waals surface area contributed by atoms with Gasteiger partial charge in [-0.15, -0.1) is 0 Å². The van der Waals surface area contributed by atoms with Gasteiger partial charge in [0.2, 0.25) is 0 Å². The van der Waals surface area contributed by atoms with Crippen molar-refractivity contribution in [1.29, 1.82) is 0 Å². The first-order valence-corrected chi connectivity index (χ1v) is 9.81. The second kappa shape index (κ2) is 7.36. The Morgan fingerprint density at radius 2 is 2.07 bits per heavy atom. The SMILES string of the molecule is Cc1ccccc1-c1cc(C(=O)N2CCOC(C)C2)c2cnn(C(C)C)c2n1. The third-order valence-corrected chi connectivity index (χ3v) is 5.24. The number of amides is 1. The summed E-state index contributed by atoms with van der Waals surface area (Å²) in [6, 6.07) is 10.2. The van der Waals surface area contributed by atoms with Gasteiger partial charge in [-0.25, -0.2) is 9.67 Å². The molecule has 2 aromatic heterocycles. The van der Waals surface area contributed by atoms with Gasteiger partial charge in [0.05, 0.1) is 35.6 Å². The zero-order chi connectivity index (χ0) is 19.8. The molecule has 0 radical (unpaired) electrons. The summed E-state index contributed by atoms with van der Waals surface area (Å²) in [5.74, 6) is 0.0145. The third kappa shape index (κ3) is 3.29. The van der Waals surface area contributed by atoms with Gasteiger partial charge in [0, 0.05) is 24.7 Å². The van der Waals surface area contributed by atoms with Crippen LogP contribution in [0.5, 0.6) is 0 Å². The Morgan fingerprint density at radius 1 is 1.29 bits per heavy atom. The molecular weight excluding hydrogens is 352 g/mol. The maximum atomic E-state index is 13.4. The van der Waals surface area contributed by atoms with Crippen LogP contribution in [0, 0.1) is 6.92 Å². The van der Waals surface area contributed by atoms with Crippen LogP contribution in [0.1, 0.15) is 42.7 Å². The van der Waals surface area contributed by atoms with Crippen molar-refractivity contribution in [2.24, 2.45) is 0 Å². The van der Waals surface area contributed by atoms with E-state index in [0.717, 1.165) is 27.9 Å². The number of carbonyl (C=O) groups is 1. The Bertz CT molecular complexity index is 1020. The number of ether oxygens (including phenoxy) is 1. The molecule has 0 spiro atoms. The number of aromatic nitrogens is 3. The molecular formula is C22H26N4O2. The molecule has 1 aromatic carbocycles. The molecule has 1 saturated heterocycles. The summed E-state index contributed by atoms with van der Waals surface area (Å²) in [4.78, 5) is 20.2. The zero-order valence-electron chi connectivity index (χ0n) is 16.8. The molecule has 0 N–H and O–H groups in total. The van der Waals surface area contributed by atoms with Crippen molar-refractivity contribution >= 4 is 16.9 Å². The smallest absolute Gasteiger partial charge is 0.254 e. The molecule has 1 unspecified atom stereocenters. The van der Waals surface area contributed by atoms with E-state index in [9.17, 15) is 4.79 Å². The Kier molecular flexibility index (Phi) is 4.89. The molecule has 0 bridgehead atoms. The van der Waals surface area contributed by atoms with Crippen LogP contribution in [0.3, 0.4) is 0 Å². The van der Waals surface area contributed by atoms with E-state index in [-0.39, 0.29) is 18.1 Å². The highest BCUT2D eigenvalue weighted by Crippen LogP contribution is 2.29. The molecule has 0 aliphatic carbocycles. The third-order valence-electron chi connectivity index (χ3n) is 5.24. The molecule has 1 aliphatic rings. The molecule has 6 nitrogen and oxygen atoms in total. The van der Waals surface area contributed by atoms with Gasteiger partial charge in [-0.05, 0) is 39.3 Å². The lowest BCUT2D eigenvalue weighted by molar-refractivity contribution is -0.0123. The van der Waals surface area contributed by atoms with Crippen molar-refractivity contribution in [3.05, 3.63) is 47.7 Å². The molecule has 4 rings (SSSR count). The first kappa shape index (κ1) is 18.6. The predicted octanol–water partition coefficient (Wildman–Crippen LogP) is 3.85. The van der Waals surface area contributed by atoms with E-state index in [1.807, 2.05) is 40.8 Å². The maximum Gasteiger partial charge on any atom is 0.254 e. The quantitative estimate of drug-likeness (QED) is 0.695. The van der Waals surface area contributed by atoms with Crippen molar-refractivity contribution < 1.29 is 9.53 Å². The summed E-state index contributed by atoms with van der Waals surface area (Å²) >= 11 is 0. The van der Waals surface area contributed by atoms with E-state index in [1.54, 1.807) is 6.20 Å². The van der Waals surface area contributed by atoms with E-state index in [1.165, 1.54) is 0 Å². The Labute approximate surface area is 165 Å². The normalized spacial score (nSPS) is 17.5. The van der Waals surface area contributed by atoms with Crippen LogP contribution >= 0.6 is 0 Å². The summed E-state index contributed by atoms with van der Waals surface area (Å²) in [5, 5.41) is 5.31. The molecule has 6 heteroatoms. The highest BCUT2D eigenvalue weighted by Gasteiger charge is 2.26. The van der Waals surface area contributed by atoms with E-state index in [2.05, 4.69) is 31.9 Å². The molecule has 1 aliphatic heterocycles. The molecule has 28 heavy (non-hydrogen) atoms. The lowest BCUT2D eigenvalue weighted by Gasteiger charge is -2.31. The highest BCUT2D eigenvalue weighted by molar-refractivity contribution is 6.06. The summed E-state index contributed by atoms with van der Waals surface area (Å²) in [7, 11) is 0. The second-order valence-electron chi connectivity index (χ2n) is 7.72. The number of hydrogen-bond acceptors (Lipinski definition) is 4. The average Bonchev–Trinajstić information content (AvgIpc) is 3.11. The van der Waals surface area contributed by atoms with Crippen molar-refractivity contribution in [1.82, 2.24) is 19.7 Å². The van der Waals surface area contributed by atoms with Gasteiger partial charge in [-0.1, -0.05) is 24.3 Å². The van der Waals surface area contributed by atoms with Crippen LogP contribution in [-0.4, -0.2) is 51.4 Å². The van der Waals surface area contributed by atoms with Crippen molar-refractivity contribution in [3.8, 4) is 11.3 Å². The predicted molar refractivity (Wildman–Crippen MR) is 109 cm³/mol. The largest absolute Gasteiger partial charge is 0.375 e. The fourth-order valence-corrected chi connectivity index (χ4v) is 3.74. The minimum atomic E-state index is 0.0145. The average molecular weight is 378 g/mol. The number of aryl methyl sites for hydroxylation is 1. The monoisotopic (exact) mass is 378 g/mol. The first-order chi connectivity index (χ1) is 13.5. The number of morpholine rings is 1. The first-order valence-electron chi connectivity index (χ1n) is 9.81. The molecule has 146 valence electrons. The van der Waals surface area contributed by atoms with Gasteiger partial charge in [-0.3, -0.25) is 4.79 Å². The summed E-state index contributed by atoms with van der Waals surface area (Å²) in [6.45, 7) is 9.96. The number of carbonyl (C=O) groups excluding carboxylic acids is 1. The van der Waals surface area contributed by atoms with Gasteiger partial charge >= 0.3 is 0 Å². The number of fused-ring (bicyclic) bond motifs is 1. The standard InChI is InChI=1S/C22H26N4O2/c1-14(2)26-21-19(12-23-26)18(22(27)25-9-10-28-16(4)13-25)11-20(24-21)17-8-6-5-7-15(17)3/h5-8,11-12,14,16H,9-10,13H2,1-4H3. The van der Waals surface area contributed by atoms with E-state index < -0.39 is 0 Å². The molecule has 0 saturated carbocycles. The van der Waals surface area contributed by atoms with E-state index >= 15 is 0 Å². The van der Waals surface area contributed by atoms with Crippen LogP contribution in [0.25, 0.3) is 22.3 Å². The van der Waals surface area contributed by atoms with Gasteiger partial charge in [0.25, 0.3) is 5.91 Å². The van der Waals surface area contributed by atoms with Gasteiger partial charge in [0.1, 0.15) is 0 Å².